The Hall–Kier alpha value is -3.71. The van der Waals surface area contributed by atoms with Crippen LogP contribution in [0.15, 0.2) is 78.9 Å². The van der Waals surface area contributed by atoms with E-state index in [0.29, 0.717) is 29.3 Å². The fraction of sp³-hybridized carbons (Fsp3) is 0.200. The number of ether oxygens (including phenoxy) is 1. The molecule has 0 radical (unpaired) electrons. The maximum Gasteiger partial charge on any atom is 0.266 e. The van der Waals surface area contributed by atoms with Gasteiger partial charge in [-0.2, -0.15) is 0 Å². The zero-order chi connectivity index (χ0) is 22.2. The molecule has 3 aromatic rings. The number of rotatable bonds is 5. The third-order valence-corrected chi connectivity index (χ3v) is 5.76. The van der Waals surface area contributed by atoms with Gasteiger partial charge in [-0.1, -0.05) is 36.4 Å². The summed E-state index contributed by atoms with van der Waals surface area (Å²) >= 11 is 0. The molecule has 6 nitrogen and oxygen atoms in total. The second-order valence-corrected chi connectivity index (χ2v) is 7.62. The lowest BCUT2D eigenvalue weighted by Crippen LogP contribution is -2.37. The number of hydrogen-bond donors (Lipinski definition) is 0. The number of hydroxylamine groups is 1. The number of halogens is 1. The van der Waals surface area contributed by atoms with Crippen LogP contribution in [0.1, 0.15) is 18.5 Å². The van der Waals surface area contributed by atoms with Crippen molar-refractivity contribution in [2.45, 2.75) is 19.1 Å². The van der Waals surface area contributed by atoms with Gasteiger partial charge in [-0.15, -0.1) is 0 Å². The van der Waals surface area contributed by atoms with Gasteiger partial charge in [0.25, 0.3) is 5.91 Å². The van der Waals surface area contributed by atoms with E-state index in [1.165, 1.54) is 11.1 Å². The molecule has 0 spiro atoms. The van der Waals surface area contributed by atoms with Crippen LogP contribution < -0.4 is 14.7 Å². The van der Waals surface area contributed by atoms with Crippen molar-refractivity contribution < 1.29 is 23.6 Å². The van der Waals surface area contributed by atoms with Gasteiger partial charge in [0.15, 0.2) is 6.10 Å². The highest BCUT2D eigenvalue weighted by Crippen LogP contribution is 2.48. The topological polar surface area (TPSA) is 59.1 Å². The van der Waals surface area contributed by atoms with Crippen LogP contribution in [-0.4, -0.2) is 24.5 Å². The fourth-order valence-electron chi connectivity index (χ4n) is 4.36. The Morgan fingerprint density at radius 2 is 1.56 bits per heavy atom. The number of fused-ring (bicyclic) bond motifs is 1. The predicted octanol–water partition coefficient (Wildman–Crippen LogP) is 4.28. The molecule has 5 rings (SSSR count). The second kappa shape index (κ2) is 8.09. The van der Waals surface area contributed by atoms with E-state index in [0.717, 1.165) is 4.90 Å². The van der Waals surface area contributed by atoms with Crippen LogP contribution in [0.2, 0.25) is 0 Å². The predicted molar refractivity (Wildman–Crippen MR) is 117 cm³/mol. The summed E-state index contributed by atoms with van der Waals surface area (Å²) in [6.45, 7) is 2.39. The molecule has 0 aromatic heterocycles. The van der Waals surface area contributed by atoms with Gasteiger partial charge in [0.1, 0.15) is 17.5 Å². The molecule has 7 heteroatoms. The van der Waals surface area contributed by atoms with Gasteiger partial charge in [0.2, 0.25) is 5.91 Å². The number of para-hydroxylation sites is 1. The number of anilines is 2. The summed E-state index contributed by atoms with van der Waals surface area (Å²) < 4.78 is 20.3. The molecule has 3 atom stereocenters. The van der Waals surface area contributed by atoms with Crippen LogP contribution in [0.25, 0.3) is 0 Å². The molecule has 162 valence electrons. The van der Waals surface area contributed by atoms with Crippen molar-refractivity contribution in [3.05, 3.63) is 90.2 Å². The molecule has 2 amide bonds. The number of hydrogen-bond acceptors (Lipinski definition) is 5. The molecule has 3 aromatic carbocycles. The van der Waals surface area contributed by atoms with E-state index < -0.39 is 35.7 Å². The molecule has 2 heterocycles. The first-order valence-corrected chi connectivity index (χ1v) is 10.5. The van der Waals surface area contributed by atoms with Gasteiger partial charge in [0, 0.05) is 5.56 Å². The van der Waals surface area contributed by atoms with Crippen LogP contribution in [-0.2, 0) is 14.4 Å². The first-order valence-electron chi connectivity index (χ1n) is 10.5. The molecule has 0 unspecified atom stereocenters. The smallest absolute Gasteiger partial charge is 0.266 e. The second-order valence-electron chi connectivity index (χ2n) is 7.62. The van der Waals surface area contributed by atoms with Crippen molar-refractivity contribution in [1.82, 2.24) is 0 Å². The summed E-state index contributed by atoms with van der Waals surface area (Å²) in [7, 11) is 0. The normalized spacial score (nSPS) is 22.4. The quantitative estimate of drug-likeness (QED) is 0.564. The largest absolute Gasteiger partial charge is 0.494 e. The van der Waals surface area contributed by atoms with Crippen LogP contribution in [0.5, 0.6) is 5.75 Å². The van der Waals surface area contributed by atoms with E-state index in [1.807, 2.05) is 25.1 Å². The van der Waals surface area contributed by atoms with Crippen molar-refractivity contribution >= 4 is 23.2 Å². The number of carbonyl (C=O) groups excluding carboxylic acids is 2. The van der Waals surface area contributed by atoms with Crippen LogP contribution >= 0.6 is 0 Å². The molecule has 2 aliphatic rings. The molecule has 0 N–H and O–H groups in total. The van der Waals surface area contributed by atoms with Gasteiger partial charge >= 0.3 is 0 Å². The summed E-state index contributed by atoms with van der Waals surface area (Å²) in [5.74, 6) is -1.58. The monoisotopic (exact) mass is 432 g/mol. The Kier molecular flexibility index (Phi) is 5.11. The van der Waals surface area contributed by atoms with Crippen molar-refractivity contribution in [2.75, 3.05) is 16.6 Å². The van der Waals surface area contributed by atoms with Gasteiger partial charge in [0.05, 0.1) is 24.0 Å². The molecular weight excluding hydrogens is 411 g/mol. The maximum atomic E-state index is 14.8. The number of benzene rings is 3. The van der Waals surface area contributed by atoms with Gasteiger partial charge in [-0.25, -0.2) is 14.4 Å². The lowest BCUT2D eigenvalue weighted by atomic mass is 9.90. The summed E-state index contributed by atoms with van der Waals surface area (Å²) in [5.41, 5.74) is 1.38. The summed E-state index contributed by atoms with van der Waals surface area (Å²) in [5, 5.41) is 1.49. The average molecular weight is 432 g/mol. The van der Waals surface area contributed by atoms with Crippen molar-refractivity contribution in [3.63, 3.8) is 0 Å². The Labute approximate surface area is 184 Å². The van der Waals surface area contributed by atoms with Crippen LogP contribution in [0.4, 0.5) is 15.8 Å². The minimum absolute atomic E-state index is 0.304. The standard InChI is InChI=1S/C25H21FN2O4/c1-2-31-18-14-12-16(13-15-18)27-24(29)21-22(19-10-6-7-11-20(19)26)28(32-23(21)25(27)30)17-8-4-3-5-9-17/h3-15,21-23H,2H2,1H3/t21-,22+,23-/m1/s1. The lowest BCUT2D eigenvalue weighted by molar-refractivity contribution is -0.126. The number of amides is 2. The average Bonchev–Trinajstić information content (AvgIpc) is 3.32. The van der Waals surface area contributed by atoms with Crippen molar-refractivity contribution in [1.29, 1.82) is 0 Å². The van der Waals surface area contributed by atoms with E-state index in [2.05, 4.69) is 0 Å². The molecule has 2 aliphatic heterocycles. The van der Waals surface area contributed by atoms with E-state index in [4.69, 9.17) is 9.57 Å². The van der Waals surface area contributed by atoms with Gasteiger partial charge in [-0.3, -0.25) is 14.4 Å². The number of imide groups is 1. The maximum absolute atomic E-state index is 14.8. The van der Waals surface area contributed by atoms with E-state index in [9.17, 15) is 14.0 Å². The Balaban J connectivity index is 1.55. The zero-order valence-electron chi connectivity index (χ0n) is 17.4. The van der Waals surface area contributed by atoms with Crippen molar-refractivity contribution in [2.24, 2.45) is 5.92 Å². The van der Waals surface area contributed by atoms with Gasteiger partial charge < -0.3 is 4.74 Å². The summed E-state index contributed by atoms with van der Waals surface area (Å²) in [6.07, 6.45) is -1.04. The minimum atomic E-state index is -1.04. The van der Waals surface area contributed by atoms with E-state index in [1.54, 1.807) is 54.6 Å². The third-order valence-electron chi connectivity index (χ3n) is 5.76. The SMILES string of the molecule is CCOc1ccc(N2C(=O)[C@H]3[C@@H](ON(c4ccccc4)[C@H]3c3ccccc3F)C2=O)cc1. The van der Waals surface area contributed by atoms with Crippen LogP contribution in [0.3, 0.4) is 0 Å². The lowest BCUT2D eigenvalue weighted by Gasteiger charge is -2.29. The van der Waals surface area contributed by atoms with Crippen LogP contribution in [0, 0.1) is 11.7 Å². The molecule has 2 fully saturated rings. The fourth-order valence-corrected chi connectivity index (χ4v) is 4.36. The highest BCUT2D eigenvalue weighted by atomic mass is 19.1. The molecule has 0 bridgehead atoms. The minimum Gasteiger partial charge on any atom is -0.494 e. The van der Waals surface area contributed by atoms with E-state index in [-0.39, 0.29) is 0 Å². The third kappa shape index (κ3) is 3.22. The first-order chi connectivity index (χ1) is 15.6. The highest BCUT2D eigenvalue weighted by molar-refractivity contribution is 6.23. The molecule has 0 saturated carbocycles. The van der Waals surface area contributed by atoms with Crippen molar-refractivity contribution in [3.8, 4) is 5.75 Å². The summed E-state index contributed by atoms with van der Waals surface area (Å²) in [4.78, 5) is 33.9. The molecule has 32 heavy (non-hydrogen) atoms. The molecule has 0 aliphatic carbocycles. The molecular formula is C25H21FN2O4. The highest BCUT2D eigenvalue weighted by Gasteiger charge is 2.60. The van der Waals surface area contributed by atoms with E-state index >= 15 is 0 Å². The molecule has 2 saturated heterocycles. The first kappa shape index (κ1) is 20.2. The Bertz CT molecular complexity index is 1150. The summed E-state index contributed by atoms with van der Waals surface area (Å²) in [6, 6.07) is 21.3. The zero-order valence-corrected chi connectivity index (χ0v) is 17.4. The number of nitrogens with zero attached hydrogens (tertiary/aromatic N) is 2. The number of carbonyl (C=O) groups is 2. The van der Waals surface area contributed by atoms with Gasteiger partial charge in [-0.05, 0) is 49.4 Å². The Morgan fingerprint density at radius 1 is 0.875 bits per heavy atom. The Morgan fingerprint density at radius 3 is 2.25 bits per heavy atom.